The SMILES string of the molecule is O=C(NCc1ccncc1)c1cncc(Nc2ccccc2Oc2ccccc2)c1. The number of nitrogens with one attached hydrogen (secondary N) is 2. The predicted octanol–water partition coefficient (Wildman–Crippen LogP) is 4.94. The van der Waals surface area contributed by atoms with Gasteiger partial charge in [-0.05, 0) is 48.0 Å². The van der Waals surface area contributed by atoms with E-state index in [1.54, 1.807) is 30.9 Å². The summed E-state index contributed by atoms with van der Waals surface area (Å²) in [6, 6.07) is 22.7. The quantitative estimate of drug-likeness (QED) is 0.463. The van der Waals surface area contributed by atoms with Gasteiger partial charge in [-0.3, -0.25) is 14.8 Å². The van der Waals surface area contributed by atoms with Crippen molar-refractivity contribution in [3.8, 4) is 11.5 Å². The van der Waals surface area contributed by atoms with E-state index in [9.17, 15) is 4.79 Å². The van der Waals surface area contributed by atoms with Gasteiger partial charge >= 0.3 is 0 Å². The van der Waals surface area contributed by atoms with Crippen molar-refractivity contribution in [2.75, 3.05) is 5.32 Å². The number of para-hydroxylation sites is 3. The molecule has 0 atom stereocenters. The first-order valence-electron chi connectivity index (χ1n) is 9.49. The predicted molar refractivity (Wildman–Crippen MR) is 116 cm³/mol. The number of ether oxygens (including phenoxy) is 1. The van der Waals surface area contributed by atoms with Crippen molar-refractivity contribution in [1.82, 2.24) is 15.3 Å². The fourth-order valence-corrected chi connectivity index (χ4v) is 2.85. The summed E-state index contributed by atoms with van der Waals surface area (Å²) in [5.74, 6) is 1.22. The van der Waals surface area contributed by atoms with E-state index in [2.05, 4.69) is 20.6 Å². The van der Waals surface area contributed by atoms with E-state index in [1.807, 2.05) is 66.7 Å². The lowest BCUT2D eigenvalue weighted by Gasteiger charge is -2.13. The number of rotatable bonds is 7. The average Bonchev–Trinajstić information content (AvgIpc) is 2.80. The van der Waals surface area contributed by atoms with E-state index in [4.69, 9.17) is 4.74 Å². The molecule has 2 N–H and O–H groups in total. The monoisotopic (exact) mass is 396 g/mol. The standard InChI is InChI=1S/C24H20N4O2/c29-24(27-15-18-10-12-25-13-11-18)19-14-20(17-26-16-19)28-22-8-4-5-9-23(22)30-21-6-2-1-3-7-21/h1-14,16-17,28H,15H2,(H,27,29). The Balaban J connectivity index is 1.46. The third-order valence-corrected chi connectivity index (χ3v) is 4.34. The zero-order chi connectivity index (χ0) is 20.6. The smallest absolute Gasteiger partial charge is 0.253 e. The van der Waals surface area contributed by atoms with Crippen LogP contribution in [0.5, 0.6) is 11.5 Å². The van der Waals surface area contributed by atoms with Crippen LogP contribution in [0.4, 0.5) is 11.4 Å². The van der Waals surface area contributed by atoms with Crippen molar-refractivity contribution >= 4 is 17.3 Å². The lowest BCUT2D eigenvalue weighted by atomic mass is 10.2. The number of amides is 1. The van der Waals surface area contributed by atoms with Gasteiger partial charge in [-0.25, -0.2) is 0 Å². The molecule has 4 rings (SSSR count). The Kier molecular flexibility index (Phi) is 5.96. The van der Waals surface area contributed by atoms with Gasteiger partial charge in [0.25, 0.3) is 5.91 Å². The Morgan fingerprint density at radius 3 is 2.47 bits per heavy atom. The van der Waals surface area contributed by atoms with Crippen LogP contribution in [0, 0.1) is 0 Å². The third kappa shape index (κ3) is 4.99. The molecule has 0 saturated carbocycles. The molecule has 0 aliphatic heterocycles. The van der Waals surface area contributed by atoms with Gasteiger partial charge in [-0.2, -0.15) is 0 Å². The number of aromatic nitrogens is 2. The van der Waals surface area contributed by atoms with Crippen molar-refractivity contribution in [2.45, 2.75) is 6.54 Å². The van der Waals surface area contributed by atoms with Gasteiger partial charge in [0.2, 0.25) is 0 Å². The van der Waals surface area contributed by atoms with E-state index in [1.165, 1.54) is 0 Å². The summed E-state index contributed by atoms with van der Waals surface area (Å²) in [5, 5.41) is 6.18. The summed E-state index contributed by atoms with van der Waals surface area (Å²) in [6.45, 7) is 0.423. The maximum absolute atomic E-state index is 12.5. The summed E-state index contributed by atoms with van der Waals surface area (Å²) in [4.78, 5) is 20.7. The second kappa shape index (κ2) is 9.34. The molecule has 0 unspecified atom stereocenters. The molecular formula is C24H20N4O2. The number of pyridine rings is 2. The van der Waals surface area contributed by atoms with Crippen LogP contribution in [0.2, 0.25) is 0 Å². The average molecular weight is 396 g/mol. The van der Waals surface area contributed by atoms with Crippen molar-refractivity contribution in [1.29, 1.82) is 0 Å². The second-order valence-corrected chi connectivity index (χ2v) is 6.54. The maximum Gasteiger partial charge on any atom is 0.253 e. The number of benzene rings is 2. The van der Waals surface area contributed by atoms with Crippen LogP contribution >= 0.6 is 0 Å². The number of anilines is 2. The van der Waals surface area contributed by atoms with E-state index in [0.29, 0.717) is 23.5 Å². The summed E-state index contributed by atoms with van der Waals surface area (Å²) in [6.07, 6.45) is 6.60. The van der Waals surface area contributed by atoms with Crippen LogP contribution in [0.15, 0.2) is 97.6 Å². The van der Waals surface area contributed by atoms with Gasteiger partial charge < -0.3 is 15.4 Å². The fourth-order valence-electron chi connectivity index (χ4n) is 2.85. The van der Waals surface area contributed by atoms with Crippen molar-refractivity contribution < 1.29 is 9.53 Å². The largest absolute Gasteiger partial charge is 0.455 e. The van der Waals surface area contributed by atoms with Gasteiger partial charge in [0.15, 0.2) is 5.75 Å². The Morgan fingerprint density at radius 1 is 0.867 bits per heavy atom. The van der Waals surface area contributed by atoms with Crippen LogP contribution in [0.3, 0.4) is 0 Å². The van der Waals surface area contributed by atoms with Gasteiger partial charge in [0.05, 0.1) is 23.1 Å². The molecule has 2 aromatic heterocycles. The van der Waals surface area contributed by atoms with Crippen LogP contribution in [0.1, 0.15) is 15.9 Å². The van der Waals surface area contributed by atoms with Crippen molar-refractivity contribution in [2.24, 2.45) is 0 Å². The molecule has 1 amide bonds. The molecule has 0 aliphatic rings. The second-order valence-electron chi connectivity index (χ2n) is 6.54. The fraction of sp³-hybridized carbons (Fsp3) is 0.0417. The molecule has 0 bridgehead atoms. The number of nitrogens with zero attached hydrogens (tertiary/aromatic N) is 2. The summed E-state index contributed by atoms with van der Waals surface area (Å²) >= 11 is 0. The molecule has 6 heteroatoms. The Labute approximate surface area is 174 Å². The number of hydrogen-bond donors (Lipinski definition) is 2. The topological polar surface area (TPSA) is 76.1 Å². The van der Waals surface area contributed by atoms with Crippen LogP contribution < -0.4 is 15.4 Å². The lowest BCUT2D eigenvalue weighted by Crippen LogP contribution is -2.23. The van der Waals surface area contributed by atoms with Crippen molar-refractivity contribution in [3.05, 3.63) is 109 Å². The molecule has 0 saturated heterocycles. The van der Waals surface area contributed by atoms with E-state index in [-0.39, 0.29) is 5.91 Å². The van der Waals surface area contributed by atoms with Gasteiger partial charge in [0.1, 0.15) is 5.75 Å². The first-order valence-corrected chi connectivity index (χ1v) is 9.49. The Morgan fingerprint density at radius 2 is 1.63 bits per heavy atom. The van der Waals surface area contributed by atoms with Crippen LogP contribution in [-0.4, -0.2) is 15.9 Å². The Hall–Kier alpha value is -4.19. The molecule has 0 fully saturated rings. The van der Waals surface area contributed by atoms with Crippen LogP contribution in [-0.2, 0) is 6.54 Å². The molecule has 30 heavy (non-hydrogen) atoms. The third-order valence-electron chi connectivity index (χ3n) is 4.34. The Bertz CT molecular complexity index is 1120. The zero-order valence-electron chi connectivity index (χ0n) is 16.2. The molecule has 2 heterocycles. The van der Waals surface area contributed by atoms with Crippen LogP contribution in [0.25, 0.3) is 0 Å². The molecule has 6 nitrogen and oxygen atoms in total. The molecule has 0 radical (unpaired) electrons. The van der Waals surface area contributed by atoms with E-state index < -0.39 is 0 Å². The van der Waals surface area contributed by atoms with Crippen molar-refractivity contribution in [3.63, 3.8) is 0 Å². The molecular weight excluding hydrogens is 376 g/mol. The molecule has 148 valence electrons. The summed E-state index contributed by atoms with van der Waals surface area (Å²) < 4.78 is 5.98. The summed E-state index contributed by atoms with van der Waals surface area (Å²) in [7, 11) is 0. The van der Waals surface area contributed by atoms with E-state index >= 15 is 0 Å². The number of carbonyl (C=O) groups excluding carboxylic acids is 1. The zero-order valence-corrected chi connectivity index (χ0v) is 16.2. The number of carbonyl (C=O) groups is 1. The molecule has 0 aliphatic carbocycles. The molecule has 4 aromatic rings. The lowest BCUT2D eigenvalue weighted by molar-refractivity contribution is 0.0950. The van der Waals surface area contributed by atoms with E-state index in [0.717, 1.165) is 17.0 Å². The first kappa shape index (κ1) is 19.1. The minimum atomic E-state index is -0.197. The highest BCUT2D eigenvalue weighted by atomic mass is 16.5. The molecule has 2 aromatic carbocycles. The normalized spacial score (nSPS) is 10.3. The van der Waals surface area contributed by atoms with Gasteiger partial charge in [0, 0.05) is 25.1 Å². The first-order chi connectivity index (χ1) is 14.8. The highest BCUT2D eigenvalue weighted by Gasteiger charge is 2.09. The number of hydrogen-bond acceptors (Lipinski definition) is 5. The minimum absolute atomic E-state index is 0.197. The minimum Gasteiger partial charge on any atom is -0.455 e. The maximum atomic E-state index is 12.5. The summed E-state index contributed by atoms with van der Waals surface area (Å²) in [5.41, 5.74) is 2.91. The highest BCUT2D eigenvalue weighted by Crippen LogP contribution is 2.31. The highest BCUT2D eigenvalue weighted by molar-refractivity contribution is 5.94. The van der Waals surface area contributed by atoms with Gasteiger partial charge in [-0.1, -0.05) is 30.3 Å². The van der Waals surface area contributed by atoms with Gasteiger partial charge in [-0.15, -0.1) is 0 Å². The molecule has 0 spiro atoms.